The Morgan fingerprint density at radius 1 is 1.50 bits per heavy atom. The molecule has 0 unspecified atom stereocenters. The Kier molecular flexibility index (Phi) is 3.08. The highest BCUT2D eigenvalue weighted by Crippen LogP contribution is 2.19. The van der Waals surface area contributed by atoms with Gasteiger partial charge in [0, 0.05) is 19.3 Å². The summed E-state index contributed by atoms with van der Waals surface area (Å²) in [4.78, 5) is 17.9. The van der Waals surface area contributed by atoms with Gasteiger partial charge in [-0.2, -0.15) is 0 Å². The van der Waals surface area contributed by atoms with Gasteiger partial charge in [0.05, 0.1) is 5.56 Å². The zero-order chi connectivity index (χ0) is 11.5. The van der Waals surface area contributed by atoms with E-state index in [9.17, 15) is 4.79 Å². The van der Waals surface area contributed by atoms with Crippen LogP contribution in [0.1, 0.15) is 30.1 Å². The van der Waals surface area contributed by atoms with Gasteiger partial charge in [-0.05, 0) is 30.9 Å². The molecule has 2 heterocycles. The number of anilines is 1. The van der Waals surface area contributed by atoms with Gasteiger partial charge in [0.25, 0.3) is 5.91 Å². The predicted molar refractivity (Wildman–Crippen MR) is 63.0 cm³/mol. The molecule has 0 aromatic carbocycles. The number of amides is 1. The average Bonchev–Trinajstić information content (AvgIpc) is 2.30. The molecule has 2 N–H and O–H groups in total. The molecule has 0 radical (unpaired) electrons. The summed E-state index contributed by atoms with van der Waals surface area (Å²) >= 11 is 0. The Balaban J connectivity index is 2.11. The molecular formula is C12H17N3O. The molecule has 16 heavy (non-hydrogen) atoms. The van der Waals surface area contributed by atoms with E-state index in [0.29, 0.717) is 11.4 Å². The number of hydrogen-bond donors (Lipinski definition) is 1. The van der Waals surface area contributed by atoms with Crippen LogP contribution in [-0.2, 0) is 0 Å². The van der Waals surface area contributed by atoms with Gasteiger partial charge in [-0.15, -0.1) is 0 Å². The summed E-state index contributed by atoms with van der Waals surface area (Å²) in [6, 6.07) is 3.48. The lowest BCUT2D eigenvalue weighted by Gasteiger charge is -2.30. The number of rotatable bonds is 1. The highest BCUT2D eigenvalue weighted by molar-refractivity contribution is 5.98. The minimum Gasteiger partial charge on any atom is -0.383 e. The first-order valence-corrected chi connectivity index (χ1v) is 5.68. The van der Waals surface area contributed by atoms with Crippen LogP contribution < -0.4 is 5.73 Å². The number of nitrogen functional groups attached to an aromatic ring is 1. The van der Waals surface area contributed by atoms with E-state index in [2.05, 4.69) is 11.9 Å². The maximum atomic E-state index is 12.1. The first-order chi connectivity index (χ1) is 7.68. The smallest absolute Gasteiger partial charge is 0.257 e. The number of nitrogens with zero attached hydrogens (tertiary/aromatic N) is 2. The second-order valence-electron chi connectivity index (χ2n) is 4.41. The zero-order valence-electron chi connectivity index (χ0n) is 9.52. The lowest BCUT2D eigenvalue weighted by atomic mass is 9.99. The number of piperidine rings is 1. The molecule has 0 saturated carbocycles. The number of likely N-dealkylation sites (tertiary alicyclic amines) is 1. The molecule has 2 rings (SSSR count). The molecule has 1 amide bonds. The lowest BCUT2D eigenvalue weighted by Crippen LogP contribution is -2.38. The third-order valence-corrected chi connectivity index (χ3v) is 3.14. The van der Waals surface area contributed by atoms with Crippen molar-refractivity contribution >= 4 is 11.7 Å². The molecule has 4 heteroatoms. The van der Waals surface area contributed by atoms with Crippen molar-refractivity contribution in [1.29, 1.82) is 0 Å². The lowest BCUT2D eigenvalue weighted by molar-refractivity contribution is 0.0698. The third kappa shape index (κ3) is 2.15. The Bertz CT molecular complexity index is 384. The summed E-state index contributed by atoms with van der Waals surface area (Å²) in [5.74, 6) is 1.05. The quantitative estimate of drug-likeness (QED) is 0.779. The topological polar surface area (TPSA) is 59.2 Å². The molecule has 1 fully saturated rings. The summed E-state index contributed by atoms with van der Waals surface area (Å²) < 4.78 is 0. The van der Waals surface area contributed by atoms with E-state index < -0.39 is 0 Å². The van der Waals surface area contributed by atoms with Gasteiger partial charge in [-0.1, -0.05) is 6.92 Å². The number of aromatic nitrogens is 1. The fourth-order valence-electron chi connectivity index (χ4n) is 1.98. The third-order valence-electron chi connectivity index (χ3n) is 3.14. The summed E-state index contributed by atoms with van der Waals surface area (Å²) in [5, 5.41) is 0. The Morgan fingerprint density at radius 3 is 2.81 bits per heavy atom. The van der Waals surface area contributed by atoms with Gasteiger partial charge in [0.2, 0.25) is 0 Å². The molecule has 0 aliphatic carbocycles. The molecule has 0 atom stereocenters. The fraction of sp³-hybridized carbons (Fsp3) is 0.500. The summed E-state index contributed by atoms with van der Waals surface area (Å²) in [6.07, 6.45) is 3.75. The Hall–Kier alpha value is -1.58. The van der Waals surface area contributed by atoms with Gasteiger partial charge in [0.1, 0.15) is 5.82 Å². The normalized spacial score (nSPS) is 17.4. The van der Waals surface area contributed by atoms with Crippen LogP contribution in [0.15, 0.2) is 18.3 Å². The molecule has 1 aliphatic rings. The van der Waals surface area contributed by atoms with E-state index in [1.54, 1.807) is 18.3 Å². The van der Waals surface area contributed by atoms with Crippen LogP contribution in [0.4, 0.5) is 5.82 Å². The van der Waals surface area contributed by atoms with E-state index in [-0.39, 0.29) is 5.91 Å². The monoisotopic (exact) mass is 219 g/mol. The maximum Gasteiger partial charge on any atom is 0.257 e. The van der Waals surface area contributed by atoms with Crippen molar-refractivity contribution < 1.29 is 4.79 Å². The Morgan fingerprint density at radius 2 is 2.19 bits per heavy atom. The second kappa shape index (κ2) is 4.51. The van der Waals surface area contributed by atoms with Gasteiger partial charge >= 0.3 is 0 Å². The van der Waals surface area contributed by atoms with Crippen molar-refractivity contribution in [3.63, 3.8) is 0 Å². The SMILES string of the molecule is CC1CCN(C(=O)c2cccnc2N)CC1. The van der Waals surface area contributed by atoms with Gasteiger partial charge in [0.15, 0.2) is 0 Å². The van der Waals surface area contributed by atoms with Crippen LogP contribution in [0.25, 0.3) is 0 Å². The minimum atomic E-state index is 0.0116. The van der Waals surface area contributed by atoms with Crippen molar-refractivity contribution in [3.05, 3.63) is 23.9 Å². The molecule has 0 spiro atoms. The van der Waals surface area contributed by atoms with Crippen molar-refractivity contribution in [2.75, 3.05) is 18.8 Å². The maximum absolute atomic E-state index is 12.1. The molecule has 1 aromatic rings. The standard InChI is InChI=1S/C12H17N3O/c1-9-4-7-15(8-5-9)12(16)10-3-2-6-14-11(10)13/h2-3,6,9H,4-5,7-8H2,1H3,(H2,13,14). The van der Waals surface area contributed by atoms with E-state index >= 15 is 0 Å². The minimum absolute atomic E-state index is 0.0116. The zero-order valence-corrected chi connectivity index (χ0v) is 9.52. The van der Waals surface area contributed by atoms with Crippen LogP contribution in [0.2, 0.25) is 0 Å². The van der Waals surface area contributed by atoms with Crippen molar-refractivity contribution in [3.8, 4) is 0 Å². The van der Waals surface area contributed by atoms with E-state index in [4.69, 9.17) is 5.73 Å². The molecule has 1 saturated heterocycles. The number of hydrogen-bond acceptors (Lipinski definition) is 3. The number of carbonyl (C=O) groups excluding carboxylic acids is 1. The average molecular weight is 219 g/mol. The first kappa shape index (κ1) is 10.9. The summed E-state index contributed by atoms with van der Waals surface area (Å²) in [6.45, 7) is 3.88. The highest BCUT2D eigenvalue weighted by atomic mass is 16.2. The fourth-order valence-corrected chi connectivity index (χ4v) is 1.98. The summed E-state index contributed by atoms with van der Waals surface area (Å²) in [7, 11) is 0. The number of carbonyl (C=O) groups is 1. The van der Waals surface area contributed by atoms with E-state index in [0.717, 1.165) is 31.8 Å². The molecule has 1 aliphatic heterocycles. The van der Waals surface area contributed by atoms with Crippen LogP contribution in [0.5, 0.6) is 0 Å². The van der Waals surface area contributed by atoms with Gasteiger partial charge in [-0.25, -0.2) is 4.98 Å². The van der Waals surface area contributed by atoms with Crippen molar-refractivity contribution in [2.45, 2.75) is 19.8 Å². The molecule has 86 valence electrons. The predicted octanol–water partition coefficient (Wildman–Crippen LogP) is 1.54. The van der Waals surface area contributed by atoms with Crippen molar-refractivity contribution in [1.82, 2.24) is 9.88 Å². The van der Waals surface area contributed by atoms with Crippen LogP contribution >= 0.6 is 0 Å². The molecule has 1 aromatic heterocycles. The number of nitrogens with two attached hydrogens (primary N) is 1. The van der Waals surface area contributed by atoms with Crippen LogP contribution in [-0.4, -0.2) is 28.9 Å². The molecule has 4 nitrogen and oxygen atoms in total. The van der Waals surface area contributed by atoms with E-state index in [1.807, 2.05) is 4.90 Å². The second-order valence-corrected chi connectivity index (χ2v) is 4.41. The Labute approximate surface area is 95.5 Å². The van der Waals surface area contributed by atoms with Crippen LogP contribution in [0, 0.1) is 5.92 Å². The largest absolute Gasteiger partial charge is 0.383 e. The van der Waals surface area contributed by atoms with Gasteiger partial charge in [-0.3, -0.25) is 4.79 Å². The summed E-state index contributed by atoms with van der Waals surface area (Å²) in [5.41, 5.74) is 6.22. The first-order valence-electron chi connectivity index (χ1n) is 5.68. The molecule has 0 bridgehead atoms. The molecular weight excluding hydrogens is 202 g/mol. The number of pyridine rings is 1. The highest BCUT2D eigenvalue weighted by Gasteiger charge is 2.22. The van der Waals surface area contributed by atoms with Crippen LogP contribution in [0.3, 0.4) is 0 Å². The van der Waals surface area contributed by atoms with E-state index in [1.165, 1.54) is 0 Å². The van der Waals surface area contributed by atoms with Crippen molar-refractivity contribution in [2.24, 2.45) is 5.92 Å². The van der Waals surface area contributed by atoms with Gasteiger partial charge < -0.3 is 10.6 Å².